The summed E-state index contributed by atoms with van der Waals surface area (Å²) in [5, 5.41) is 4.16. The average molecular weight is 344 g/mol. The molecular weight excluding hydrogens is 322 g/mol. The van der Waals surface area contributed by atoms with E-state index in [9.17, 15) is 0 Å². The smallest absolute Gasteiger partial charge is 0.174 e. The maximum Gasteiger partial charge on any atom is 0.174 e. The lowest BCUT2D eigenvalue weighted by atomic mass is 10.2. The van der Waals surface area contributed by atoms with E-state index in [1.807, 2.05) is 0 Å². The molecule has 0 spiro atoms. The Balaban J connectivity index is 1.55. The van der Waals surface area contributed by atoms with Gasteiger partial charge in [0, 0.05) is 30.2 Å². The normalized spacial score (nSPS) is 14.9. The number of anilines is 1. The van der Waals surface area contributed by atoms with Crippen LogP contribution in [0.25, 0.3) is 0 Å². The van der Waals surface area contributed by atoms with E-state index in [1.165, 1.54) is 10.5 Å². The molecule has 120 valence electrons. The zero-order valence-corrected chi connectivity index (χ0v) is 14.9. The lowest BCUT2D eigenvalue weighted by Crippen LogP contribution is -2.34. The van der Waals surface area contributed by atoms with Crippen molar-refractivity contribution in [1.82, 2.24) is 9.80 Å². The van der Waals surface area contributed by atoms with Crippen molar-refractivity contribution in [2.75, 3.05) is 31.3 Å². The van der Waals surface area contributed by atoms with E-state index < -0.39 is 0 Å². The topological polar surface area (TPSA) is 18.5 Å². The molecule has 0 aliphatic carbocycles. The van der Waals surface area contributed by atoms with Gasteiger partial charge in [-0.25, -0.2) is 0 Å². The Morgan fingerprint density at radius 1 is 1.13 bits per heavy atom. The lowest BCUT2D eigenvalue weighted by Gasteiger charge is -2.21. The number of thioether (sulfide) groups is 1. The van der Waals surface area contributed by atoms with Crippen molar-refractivity contribution >= 4 is 34.8 Å². The van der Waals surface area contributed by atoms with E-state index in [4.69, 9.17) is 12.2 Å². The molecule has 2 aromatic carbocycles. The third kappa shape index (κ3) is 4.47. The van der Waals surface area contributed by atoms with E-state index in [0.29, 0.717) is 0 Å². The van der Waals surface area contributed by atoms with Crippen LogP contribution in [0.15, 0.2) is 59.5 Å². The zero-order chi connectivity index (χ0) is 16.1. The molecule has 3 nitrogen and oxygen atoms in total. The molecule has 0 aromatic heterocycles. The van der Waals surface area contributed by atoms with Crippen molar-refractivity contribution in [1.29, 1.82) is 0 Å². The van der Waals surface area contributed by atoms with Gasteiger partial charge in [-0.3, -0.25) is 4.90 Å². The summed E-state index contributed by atoms with van der Waals surface area (Å²) in [5.74, 6) is 0. The van der Waals surface area contributed by atoms with Crippen LogP contribution in [0.3, 0.4) is 0 Å². The summed E-state index contributed by atoms with van der Waals surface area (Å²) < 4.78 is 0. The fraction of sp³-hybridized carbons (Fsp3) is 0.278. The van der Waals surface area contributed by atoms with Gasteiger partial charge in [-0.15, -0.1) is 11.8 Å². The first-order valence-corrected chi connectivity index (χ1v) is 9.34. The fourth-order valence-electron chi connectivity index (χ4n) is 2.68. The number of nitrogens with zero attached hydrogens (tertiary/aromatic N) is 2. The molecule has 3 rings (SSSR count). The first-order valence-electron chi connectivity index (χ1n) is 7.71. The van der Waals surface area contributed by atoms with Gasteiger partial charge >= 0.3 is 0 Å². The van der Waals surface area contributed by atoms with Crippen molar-refractivity contribution in [2.45, 2.75) is 11.4 Å². The predicted molar refractivity (Wildman–Crippen MR) is 103 cm³/mol. The van der Waals surface area contributed by atoms with Crippen molar-refractivity contribution in [3.63, 3.8) is 0 Å². The highest BCUT2D eigenvalue weighted by atomic mass is 32.2. The molecule has 1 aliphatic heterocycles. The third-order valence-corrected chi connectivity index (χ3v) is 5.00. The second-order valence-corrected chi connectivity index (χ2v) is 6.87. The summed E-state index contributed by atoms with van der Waals surface area (Å²) >= 11 is 7.31. The van der Waals surface area contributed by atoms with E-state index in [2.05, 4.69) is 76.0 Å². The fourth-order valence-corrected chi connectivity index (χ4v) is 3.41. The van der Waals surface area contributed by atoms with Crippen LogP contribution in [0.1, 0.15) is 5.56 Å². The minimum absolute atomic E-state index is 0.804. The average Bonchev–Trinajstić information content (AvgIpc) is 3.04. The van der Waals surface area contributed by atoms with Crippen molar-refractivity contribution < 1.29 is 0 Å². The maximum atomic E-state index is 5.57. The third-order valence-electron chi connectivity index (χ3n) is 3.91. The van der Waals surface area contributed by atoms with Crippen LogP contribution in [0.2, 0.25) is 0 Å². The first kappa shape index (κ1) is 16.3. The minimum Gasteiger partial charge on any atom is -0.335 e. The van der Waals surface area contributed by atoms with Gasteiger partial charge in [-0.05, 0) is 42.2 Å². The number of rotatable bonds is 4. The largest absolute Gasteiger partial charge is 0.335 e. The molecule has 0 atom stereocenters. The summed E-state index contributed by atoms with van der Waals surface area (Å²) in [6.07, 6.45) is 2.08. The molecule has 23 heavy (non-hydrogen) atoms. The maximum absolute atomic E-state index is 5.57. The zero-order valence-electron chi connectivity index (χ0n) is 13.2. The van der Waals surface area contributed by atoms with Gasteiger partial charge < -0.3 is 10.2 Å². The van der Waals surface area contributed by atoms with E-state index in [0.717, 1.165) is 37.1 Å². The Morgan fingerprint density at radius 3 is 2.74 bits per heavy atom. The van der Waals surface area contributed by atoms with E-state index in [1.54, 1.807) is 11.8 Å². The molecule has 1 heterocycles. The summed E-state index contributed by atoms with van der Waals surface area (Å²) in [6.45, 7) is 3.87. The Kier molecular flexibility index (Phi) is 5.54. The van der Waals surface area contributed by atoms with Crippen LogP contribution in [0.5, 0.6) is 0 Å². The molecule has 0 saturated carbocycles. The highest BCUT2D eigenvalue weighted by Crippen LogP contribution is 2.20. The number of hydrogen-bond donors (Lipinski definition) is 1. The summed E-state index contributed by atoms with van der Waals surface area (Å²) in [4.78, 5) is 5.89. The molecule has 0 bridgehead atoms. The highest BCUT2D eigenvalue weighted by Gasteiger charge is 2.21. The Hall–Kier alpha value is -1.56. The van der Waals surface area contributed by atoms with Gasteiger partial charge in [0.05, 0.1) is 6.67 Å². The molecule has 0 unspecified atom stereocenters. The molecule has 1 saturated heterocycles. The lowest BCUT2D eigenvalue weighted by molar-refractivity contribution is 0.295. The van der Waals surface area contributed by atoms with Crippen LogP contribution in [-0.2, 0) is 6.54 Å². The molecule has 1 fully saturated rings. The second kappa shape index (κ2) is 7.81. The van der Waals surface area contributed by atoms with E-state index in [-0.39, 0.29) is 0 Å². The SMILES string of the molecule is CSc1cccc(NC(=S)N2CCN(Cc3ccccc3)C2)c1. The van der Waals surface area contributed by atoms with Gasteiger partial charge in [0.1, 0.15) is 0 Å². The number of nitrogens with one attached hydrogen (secondary N) is 1. The quantitative estimate of drug-likeness (QED) is 0.669. The first-order chi connectivity index (χ1) is 11.2. The van der Waals surface area contributed by atoms with Crippen LogP contribution in [-0.4, -0.2) is 40.9 Å². The molecule has 0 amide bonds. The standard InChI is InChI=1S/C18H21N3S2/c1-23-17-9-5-8-16(12-17)19-18(22)21-11-10-20(14-21)13-15-6-3-2-4-7-15/h2-9,12H,10-11,13-14H2,1H3,(H,19,22). The summed E-state index contributed by atoms with van der Waals surface area (Å²) in [7, 11) is 0. The number of hydrogen-bond acceptors (Lipinski definition) is 3. The molecule has 1 aliphatic rings. The Morgan fingerprint density at radius 2 is 1.96 bits per heavy atom. The molecular formula is C18H21N3S2. The van der Waals surface area contributed by atoms with Crippen LogP contribution in [0, 0.1) is 0 Å². The molecule has 5 heteroatoms. The predicted octanol–water partition coefficient (Wildman–Crippen LogP) is 3.88. The Labute approximate surface area is 147 Å². The monoisotopic (exact) mass is 343 g/mol. The second-order valence-electron chi connectivity index (χ2n) is 5.61. The van der Waals surface area contributed by atoms with Crippen molar-refractivity contribution in [3.8, 4) is 0 Å². The van der Waals surface area contributed by atoms with Crippen molar-refractivity contribution in [2.24, 2.45) is 0 Å². The van der Waals surface area contributed by atoms with E-state index >= 15 is 0 Å². The number of benzene rings is 2. The Bertz CT molecular complexity index is 660. The highest BCUT2D eigenvalue weighted by molar-refractivity contribution is 7.98. The minimum atomic E-state index is 0.804. The van der Waals surface area contributed by atoms with Crippen LogP contribution < -0.4 is 5.32 Å². The summed E-state index contributed by atoms with van der Waals surface area (Å²) in [6, 6.07) is 18.9. The van der Waals surface area contributed by atoms with Gasteiger partial charge in [-0.2, -0.15) is 0 Å². The van der Waals surface area contributed by atoms with Gasteiger partial charge in [0.25, 0.3) is 0 Å². The molecule has 0 radical (unpaired) electrons. The van der Waals surface area contributed by atoms with Gasteiger partial charge in [-0.1, -0.05) is 36.4 Å². The molecule has 1 N–H and O–H groups in total. The van der Waals surface area contributed by atoms with Crippen LogP contribution >= 0.6 is 24.0 Å². The molecule has 2 aromatic rings. The number of thiocarbonyl (C=S) groups is 1. The van der Waals surface area contributed by atoms with Gasteiger partial charge in [0.15, 0.2) is 5.11 Å². The van der Waals surface area contributed by atoms with Crippen molar-refractivity contribution in [3.05, 3.63) is 60.2 Å². The summed E-state index contributed by atoms with van der Waals surface area (Å²) in [5.41, 5.74) is 2.41. The van der Waals surface area contributed by atoms with Crippen LogP contribution in [0.4, 0.5) is 5.69 Å². The van der Waals surface area contributed by atoms with Gasteiger partial charge in [0.2, 0.25) is 0 Å².